The second-order valence-electron chi connectivity index (χ2n) is 7.35. The monoisotopic (exact) mass is 923 g/mol. The molecular formula is C24H21AuF12NO7PS. The quantitative estimate of drug-likeness (QED) is 0.0664. The van der Waals surface area contributed by atoms with Crippen LogP contribution in [-0.4, -0.2) is 50.3 Å². The van der Waals surface area contributed by atoms with Crippen molar-refractivity contribution in [2.24, 2.45) is 0 Å². The average Bonchev–Trinajstić information content (AvgIpc) is 2.93. The Morgan fingerprint density at radius 3 is 1.43 bits per heavy atom. The predicted molar refractivity (Wildman–Crippen MR) is 136 cm³/mol. The van der Waals surface area contributed by atoms with Gasteiger partial charge in [0.2, 0.25) is 0 Å². The minimum absolute atomic E-state index is 0. The molecule has 270 valence electrons. The number of nitrogens with zero attached hydrogens (tertiary/aromatic N) is 1. The number of hydrogen-bond donors (Lipinski definition) is 0. The topological polar surface area (TPSA) is 129 Å². The summed E-state index contributed by atoms with van der Waals surface area (Å²) in [5.74, 6) is 0. The van der Waals surface area contributed by atoms with Crippen LogP contribution in [-0.2, 0) is 64.6 Å². The van der Waals surface area contributed by atoms with Gasteiger partial charge >= 0.3 is 55.0 Å². The van der Waals surface area contributed by atoms with E-state index in [0.29, 0.717) is 0 Å². The van der Waals surface area contributed by atoms with Crippen molar-refractivity contribution in [2.45, 2.75) is 24.0 Å². The van der Waals surface area contributed by atoms with Crippen molar-refractivity contribution < 1.29 is 107 Å². The summed E-state index contributed by atoms with van der Waals surface area (Å²) in [4.78, 5) is 4.22. The molecule has 0 atom stereocenters. The molecule has 47 heavy (non-hydrogen) atoms. The van der Waals surface area contributed by atoms with Gasteiger partial charge in [-0.2, -0.15) is 58.8 Å². The van der Waals surface area contributed by atoms with Gasteiger partial charge in [0.1, 0.15) is 0 Å². The molecule has 0 saturated heterocycles. The Morgan fingerprint density at radius 2 is 1.17 bits per heavy atom. The molecule has 2 N–H and O–H groups in total. The van der Waals surface area contributed by atoms with Gasteiger partial charge in [-0.15, -0.1) is 48.0 Å². The molecule has 0 aliphatic rings. The number of alkyl halides is 12. The maximum atomic E-state index is 12.2. The zero-order valence-corrected chi connectivity index (χ0v) is 27.2. The zero-order chi connectivity index (χ0) is 35.3. The minimum atomic E-state index is -6.09. The van der Waals surface area contributed by atoms with E-state index in [2.05, 4.69) is 24.6 Å². The first kappa shape index (κ1) is 49.1. The van der Waals surface area contributed by atoms with Gasteiger partial charge in [-0.1, -0.05) is 28.8 Å². The molecule has 1 aromatic heterocycles. The Labute approximate surface area is 276 Å². The Morgan fingerprint density at radius 1 is 0.745 bits per heavy atom. The third kappa shape index (κ3) is 19.3. The van der Waals surface area contributed by atoms with Crippen molar-refractivity contribution in [2.75, 3.05) is 21.3 Å². The maximum Gasteiger partial charge on any atom is 3.00 e. The van der Waals surface area contributed by atoms with Crippen LogP contribution in [0.25, 0.3) is 11.3 Å². The Balaban J connectivity index is -0.000000582. The maximum absolute atomic E-state index is 12.2. The van der Waals surface area contributed by atoms with Gasteiger partial charge in [0.15, 0.2) is 10.1 Å². The standard InChI is InChI=1S/C11H8N.C9H2F9.C3H9O3P.CHF3O3S.Au.H2O/c1-2-6-10(7-3-1)11-8-4-5-9-12-11;10-7(11,12)4-1-5(8(13,14)15)3-6(2-4)9(16,17)18;1-4-7(5-2)6-3;2-1(3,4)8(5,6)7;;/h1-6,8-9H;1-2H;1-3H3;(H,5,6,7);;1H2/q2*-1;;;+3;/p-1. The van der Waals surface area contributed by atoms with E-state index in [1.807, 2.05) is 42.5 Å². The molecule has 1 heterocycles. The van der Waals surface area contributed by atoms with E-state index in [9.17, 15) is 52.7 Å². The van der Waals surface area contributed by atoms with Crippen molar-refractivity contribution in [3.05, 3.63) is 89.6 Å². The molecule has 2 aromatic carbocycles. The molecule has 0 bridgehead atoms. The fourth-order valence-electron chi connectivity index (χ4n) is 2.34. The van der Waals surface area contributed by atoms with Crippen LogP contribution in [0.3, 0.4) is 0 Å². The number of pyridine rings is 1. The van der Waals surface area contributed by atoms with Crippen LogP contribution in [0, 0.1) is 12.1 Å². The number of halogens is 12. The van der Waals surface area contributed by atoms with Gasteiger partial charge in [-0.05, 0) is 11.8 Å². The van der Waals surface area contributed by atoms with E-state index in [4.69, 9.17) is 13.0 Å². The summed E-state index contributed by atoms with van der Waals surface area (Å²) in [5, 5.41) is 0. The van der Waals surface area contributed by atoms with Crippen LogP contribution in [0.15, 0.2) is 60.8 Å². The second kappa shape index (κ2) is 20.9. The molecule has 0 saturated carbocycles. The SMILES string of the molecule is COP(OC)OC.FC(F)(F)c1[c-]c(C(F)(F)F)cc(C(F)(F)F)c1.O.O=S(=O)([O-])C(F)(F)F.[Au+3].[c-]1ccccc1-c1ccccn1. The zero-order valence-electron chi connectivity index (χ0n) is 23.4. The van der Waals surface area contributed by atoms with Gasteiger partial charge in [-0.25, -0.2) is 8.42 Å². The second-order valence-corrected chi connectivity index (χ2v) is 10.3. The fourth-order valence-corrected chi connectivity index (χ4v) is 2.78. The average molecular weight is 923 g/mol. The van der Waals surface area contributed by atoms with Gasteiger partial charge in [0.25, 0.3) is 0 Å². The molecule has 0 amide bonds. The summed E-state index contributed by atoms with van der Waals surface area (Å²) < 4.78 is 182. The summed E-state index contributed by atoms with van der Waals surface area (Å²) in [5.41, 5.74) is -9.90. The van der Waals surface area contributed by atoms with Crippen molar-refractivity contribution in [3.63, 3.8) is 0 Å². The van der Waals surface area contributed by atoms with Gasteiger partial charge in [0.05, 0.1) is 0 Å². The Bertz CT molecular complexity index is 1270. The third-order valence-corrected chi connectivity index (χ3v) is 5.65. The molecule has 0 aliphatic heterocycles. The molecule has 0 fully saturated rings. The van der Waals surface area contributed by atoms with Gasteiger partial charge in [0, 0.05) is 27.5 Å². The minimum Gasteiger partial charge on any atom is -0.741 e. The van der Waals surface area contributed by atoms with Gasteiger partial charge in [-0.3, -0.25) is 0 Å². The van der Waals surface area contributed by atoms with E-state index in [0.717, 1.165) is 17.3 Å². The molecule has 3 rings (SSSR count). The van der Waals surface area contributed by atoms with Crippen LogP contribution in [0.5, 0.6) is 0 Å². The first-order valence-electron chi connectivity index (χ1n) is 11.0. The smallest absolute Gasteiger partial charge is 0.741 e. The van der Waals surface area contributed by atoms with Crippen molar-refractivity contribution in [1.29, 1.82) is 0 Å². The Kier molecular flexibility index (Phi) is 21.8. The van der Waals surface area contributed by atoms with E-state index in [1.54, 1.807) is 27.5 Å². The fraction of sp³-hybridized carbons (Fsp3) is 0.292. The van der Waals surface area contributed by atoms with Crippen LogP contribution in [0.2, 0.25) is 0 Å². The number of aromatic nitrogens is 1. The molecule has 23 heteroatoms. The van der Waals surface area contributed by atoms with E-state index >= 15 is 0 Å². The first-order valence-corrected chi connectivity index (χ1v) is 13.5. The third-order valence-electron chi connectivity index (χ3n) is 4.19. The van der Waals surface area contributed by atoms with Crippen LogP contribution in [0.4, 0.5) is 52.7 Å². The first-order chi connectivity index (χ1) is 20.4. The molecular weight excluding hydrogens is 902 g/mol. The number of rotatable bonds is 4. The summed E-state index contributed by atoms with van der Waals surface area (Å²) in [6.07, 6.45) is -14.2. The molecule has 0 unspecified atom stereocenters. The van der Waals surface area contributed by atoms with Crippen molar-refractivity contribution >= 4 is 18.7 Å². The molecule has 0 spiro atoms. The largest absolute Gasteiger partial charge is 3.00 e. The summed E-state index contributed by atoms with van der Waals surface area (Å²) in [6.45, 7) is 0. The summed E-state index contributed by atoms with van der Waals surface area (Å²) in [6, 6.07) is 16.9. The van der Waals surface area contributed by atoms with E-state index in [1.165, 1.54) is 0 Å². The normalized spacial score (nSPS) is 11.7. The van der Waals surface area contributed by atoms with Crippen molar-refractivity contribution in [3.8, 4) is 11.3 Å². The molecule has 0 radical (unpaired) electrons. The summed E-state index contributed by atoms with van der Waals surface area (Å²) >= 11 is 0. The van der Waals surface area contributed by atoms with E-state index < -0.39 is 71.6 Å². The van der Waals surface area contributed by atoms with Crippen LogP contribution < -0.4 is 0 Å². The summed E-state index contributed by atoms with van der Waals surface area (Å²) in [7, 11) is -2.52. The molecule has 3 aromatic rings. The number of benzene rings is 2. The predicted octanol–water partition coefficient (Wildman–Crippen LogP) is 7.47. The molecule has 8 nitrogen and oxygen atoms in total. The molecule has 0 aliphatic carbocycles. The van der Waals surface area contributed by atoms with Crippen molar-refractivity contribution in [1.82, 2.24) is 4.98 Å². The van der Waals surface area contributed by atoms with Crippen LogP contribution in [0.1, 0.15) is 16.7 Å². The number of hydrogen-bond acceptors (Lipinski definition) is 7. The van der Waals surface area contributed by atoms with Crippen LogP contribution >= 0.6 is 8.60 Å². The van der Waals surface area contributed by atoms with E-state index in [-0.39, 0.29) is 27.9 Å². The van der Waals surface area contributed by atoms with Gasteiger partial charge < -0.3 is 28.6 Å². The Hall–Kier alpha value is -2.33.